The molecule has 2 aliphatic heterocycles. The van der Waals surface area contributed by atoms with Gasteiger partial charge in [-0.2, -0.15) is 0 Å². The Balaban J connectivity index is 1.46. The van der Waals surface area contributed by atoms with Crippen molar-refractivity contribution in [3.8, 4) is 11.5 Å². The van der Waals surface area contributed by atoms with Crippen LogP contribution in [0.15, 0.2) is 54.6 Å². The van der Waals surface area contributed by atoms with Crippen LogP contribution in [0.25, 0.3) is 16.3 Å². The molecule has 3 aromatic carbocycles. The molecule has 0 bridgehead atoms. The van der Waals surface area contributed by atoms with Crippen molar-refractivity contribution in [3.63, 3.8) is 0 Å². The summed E-state index contributed by atoms with van der Waals surface area (Å²) in [6.07, 6.45) is 1.39. The first-order valence-electron chi connectivity index (χ1n) is 13.2. The number of nitrogens with two attached hydrogens (primary N) is 1. The Labute approximate surface area is 228 Å². The molecule has 1 saturated heterocycles. The number of hydrogen-bond acceptors (Lipinski definition) is 7. The average Bonchev–Trinajstić information content (AvgIpc) is 3.21. The lowest BCUT2D eigenvalue weighted by Gasteiger charge is -2.26. The largest absolute Gasteiger partial charge is 0.492 e. The highest BCUT2D eigenvalue weighted by molar-refractivity contribution is 6.45. The maximum Gasteiger partial charge on any atom is 0.266 e. The lowest BCUT2D eigenvalue weighted by Crippen LogP contribution is -2.38. The van der Waals surface area contributed by atoms with Gasteiger partial charge in [0, 0.05) is 31.1 Å². The number of morpholine rings is 1. The number of ether oxygens (including phenoxy) is 3. The third-order valence-electron chi connectivity index (χ3n) is 7.27. The number of amides is 2. The molecule has 1 fully saturated rings. The third kappa shape index (κ3) is 5.22. The van der Waals surface area contributed by atoms with Crippen molar-refractivity contribution in [2.45, 2.75) is 26.2 Å². The molecular formula is C31H35N3O5. The summed E-state index contributed by atoms with van der Waals surface area (Å²) in [5.74, 6) is 0.181. The standard InChI is InChI=1S/C31H35N3O5/c1-31(2,3)20-17-25(32)29(37-4)26(18-20)34-28(35)19-24(30(34)36)22-9-10-27(23-8-6-5-7-21(22)23)39-16-13-33-11-14-38-15-12-33/h5-10,17-19H,11-16,32H2,1-4H3. The number of imide groups is 1. The highest BCUT2D eigenvalue weighted by Crippen LogP contribution is 2.42. The van der Waals surface area contributed by atoms with E-state index in [4.69, 9.17) is 19.9 Å². The summed E-state index contributed by atoms with van der Waals surface area (Å²) in [5, 5.41) is 1.72. The average molecular weight is 530 g/mol. The van der Waals surface area contributed by atoms with Gasteiger partial charge >= 0.3 is 0 Å². The normalized spacial score (nSPS) is 16.6. The summed E-state index contributed by atoms with van der Waals surface area (Å²) in [7, 11) is 1.48. The monoisotopic (exact) mass is 529 g/mol. The number of rotatable bonds is 7. The number of carbonyl (C=O) groups is 2. The molecule has 2 heterocycles. The number of carbonyl (C=O) groups excluding carboxylic acids is 2. The van der Waals surface area contributed by atoms with Crippen molar-refractivity contribution >= 4 is 39.5 Å². The molecule has 0 radical (unpaired) electrons. The highest BCUT2D eigenvalue weighted by atomic mass is 16.5. The van der Waals surface area contributed by atoms with Gasteiger partial charge in [0.25, 0.3) is 11.8 Å². The number of nitrogens with zero attached hydrogens (tertiary/aromatic N) is 2. The molecule has 2 amide bonds. The zero-order chi connectivity index (χ0) is 27.7. The van der Waals surface area contributed by atoms with Crippen LogP contribution in [-0.2, 0) is 19.7 Å². The SMILES string of the molecule is COc1c(N)cc(C(C)(C)C)cc1N1C(=O)C=C(c2ccc(OCCN3CCOCC3)c3ccccc23)C1=O. The van der Waals surface area contributed by atoms with Crippen LogP contribution in [0.5, 0.6) is 11.5 Å². The lowest BCUT2D eigenvalue weighted by atomic mass is 9.86. The molecule has 39 heavy (non-hydrogen) atoms. The minimum atomic E-state index is -0.436. The number of benzene rings is 3. The van der Waals surface area contributed by atoms with E-state index in [2.05, 4.69) is 4.90 Å². The summed E-state index contributed by atoms with van der Waals surface area (Å²) < 4.78 is 17.1. The van der Waals surface area contributed by atoms with Crippen LogP contribution in [-0.4, -0.2) is 63.3 Å². The predicted molar refractivity (Wildman–Crippen MR) is 153 cm³/mol. The Bertz CT molecular complexity index is 1450. The number of hydrogen-bond donors (Lipinski definition) is 1. The molecule has 8 heteroatoms. The molecule has 0 aromatic heterocycles. The summed E-state index contributed by atoms with van der Waals surface area (Å²) >= 11 is 0. The number of fused-ring (bicyclic) bond motifs is 1. The molecule has 0 spiro atoms. The quantitative estimate of drug-likeness (QED) is 0.358. The van der Waals surface area contributed by atoms with Gasteiger partial charge in [0.05, 0.1) is 37.3 Å². The fourth-order valence-corrected chi connectivity index (χ4v) is 5.09. The van der Waals surface area contributed by atoms with Crippen LogP contribution in [0.2, 0.25) is 0 Å². The highest BCUT2D eigenvalue weighted by Gasteiger charge is 2.37. The maximum atomic E-state index is 13.8. The second kappa shape index (κ2) is 10.7. The number of methoxy groups -OCH3 is 1. The summed E-state index contributed by atoms with van der Waals surface area (Å²) in [6.45, 7) is 10.8. The molecule has 0 aliphatic carbocycles. The van der Waals surface area contributed by atoms with Crippen LogP contribution < -0.4 is 20.1 Å². The second-order valence-corrected chi connectivity index (χ2v) is 10.9. The van der Waals surface area contributed by atoms with Crippen LogP contribution in [0.1, 0.15) is 31.9 Å². The van der Waals surface area contributed by atoms with E-state index in [-0.39, 0.29) is 5.41 Å². The van der Waals surface area contributed by atoms with Crippen molar-refractivity contribution < 1.29 is 23.8 Å². The first kappa shape index (κ1) is 26.7. The van der Waals surface area contributed by atoms with Gasteiger partial charge in [-0.3, -0.25) is 14.5 Å². The van der Waals surface area contributed by atoms with E-state index >= 15 is 0 Å². The second-order valence-electron chi connectivity index (χ2n) is 10.9. The molecule has 0 atom stereocenters. The Kier molecular flexibility index (Phi) is 7.34. The fourth-order valence-electron chi connectivity index (χ4n) is 5.09. The van der Waals surface area contributed by atoms with E-state index in [0.29, 0.717) is 34.9 Å². The molecule has 2 N–H and O–H groups in total. The van der Waals surface area contributed by atoms with Gasteiger partial charge in [-0.25, -0.2) is 4.90 Å². The zero-order valence-corrected chi connectivity index (χ0v) is 23.0. The first-order valence-corrected chi connectivity index (χ1v) is 13.2. The van der Waals surface area contributed by atoms with Gasteiger partial charge in [0.15, 0.2) is 5.75 Å². The molecule has 204 valence electrons. The van der Waals surface area contributed by atoms with Crippen molar-refractivity contribution in [2.24, 2.45) is 0 Å². The molecule has 2 aliphatic rings. The van der Waals surface area contributed by atoms with E-state index in [9.17, 15) is 9.59 Å². The minimum absolute atomic E-state index is 0.245. The van der Waals surface area contributed by atoms with E-state index in [0.717, 1.165) is 59.8 Å². The van der Waals surface area contributed by atoms with Gasteiger partial charge < -0.3 is 19.9 Å². The number of nitrogen functional groups attached to an aromatic ring is 1. The van der Waals surface area contributed by atoms with Crippen molar-refractivity contribution in [1.29, 1.82) is 0 Å². The van der Waals surface area contributed by atoms with E-state index in [1.807, 2.05) is 69.3 Å². The van der Waals surface area contributed by atoms with Gasteiger partial charge in [0.1, 0.15) is 12.4 Å². The maximum absolute atomic E-state index is 13.8. The summed E-state index contributed by atoms with van der Waals surface area (Å²) in [6, 6.07) is 15.1. The smallest absolute Gasteiger partial charge is 0.266 e. The molecule has 8 nitrogen and oxygen atoms in total. The lowest BCUT2D eigenvalue weighted by molar-refractivity contribution is -0.119. The minimum Gasteiger partial charge on any atom is -0.492 e. The van der Waals surface area contributed by atoms with Gasteiger partial charge in [0.2, 0.25) is 0 Å². The van der Waals surface area contributed by atoms with Gasteiger partial charge in [-0.1, -0.05) is 45.0 Å². The first-order chi connectivity index (χ1) is 18.7. The summed E-state index contributed by atoms with van der Waals surface area (Å²) in [5.41, 5.74) is 8.66. The molecule has 3 aromatic rings. The Morgan fingerprint density at radius 1 is 1.00 bits per heavy atom. The van der Waals surface area contributed by atoms with E-state index < -0.39 is 11.8 Å². The molecule has 0 unspecified atom stereocenters. The van der Waals surface area contributed by atoms with Crippen molar-refractivity contribution in [1.82, 2.24) is 4.90 Å². The van der Waals surface area contributed by atoms with Crippen LogP contribution in [0.3, 0.4) is 0 Å². The molecular weight excluding hydrogens is 494 g/mol. The van der Waals surface area contributed by atoms with E-state index in [1.54, 1.807) is 0 Å². The third-order valence-corrected chi connectivity index (χ3v) is 7.27. The van der Waals surface area contributed by atoms with E-state index in [1.165, 1.54) is 13.2 Å². The van der Waals surface area contributed by atoms with Crippen molar-refractivity contribution in [3.05, 3.63) is 65.7 Å². The topological polar surface area (TPSA) is 94.3 Å². The zero-order valence-electron chi connectivity index (χ0n) is 23.0. The molecule has 5 rings (SSSR count). The Morgan fingerprint density at radius 3 is 2.41 bits per heavy atom. The Morgan fingerprint density at radius 2 is 1.72 bits per heavy atom. The van der Waals surface area contributed by atoms with Crippen molar-refractivity contribution in [2.75, 3.05) is 57.2 Å². The van der Waals surface area contributed by atoms with Gasteiger partial charge in [-0.15, -0.1) is 0 Å². The van der Waals surface area contributed by atoms with Gasteiger partial charge in [-0.05, 0) is 46.2 Å². The van der Waals surface area contributed by atoms with Crippen LogP contribution in [0.4, 0.5) is 11.4 Å². The van der Waals surface area contributed by atoms with Crippen LogP contribution >= 0.6 is 0 Å². The fraction of sp³-hybridized carbons (Fsp3) is 0.355. The Hall–Kier alpha value is -3.88. The summed E-state index contributed by atoms with van der Waals surface area (Å²) in [4.78, 5) is 30.6. The van der Waals surface area contributed by atoms with Crippen LogP contribution in [0, 0.1) is 0 Å². The number of anilines is 2. The predicted octanol–water partition coefficient (Wildman–Crippen LogP) is 4.40. The molecule has 0 saturated carbocycles.